The predicted octanol–water partition coefficient (Wildman–Crippen LogP) is 2.93. The van der Waals surface area contributed by atoms with Gasteiger partial charge in [-0.25, -0.2) is 0 Å². The molecule has 1 aromatic rings. The molecule has 0 amide bonds. The third-order valence-corrected chi connectivity index (χ3v) is 2.66. The van der Waals surface area contributed by atoms with Gasteiger partial charge in [-0.1, -0.05) is 25.6 Å². The van der Waals surface area contributed by atoms with Crippen molar-refractivity contribution in [3.63, 3.8) is 0 Å². The Kier molecular flexibility index (Phi) is 3.02. The van der Waals surface area contributed by atoms with Crippen LogP contribution < -0.4 is 0 Å². The summed E-state index contributed by atoms with van der Waals surface area (Å²) < 4.78 is 0. The minimum Gasteiger partial charge on any atom is -0.508 e. The maximum Gasteiger partial charge on any atom is 0.129 e. The van der Waals surface area contributed by atoms with Gasteiger partial charge in [-0.15, -0.1) is 5.54 Å². The number of aryl methyl sites for hydroxylation is 1. The van der Waals surface area contributed by atoms with E-state index in [4.69, 9.17) is 0 Å². The normalized spacial score (nSPS) is 10.6. The maximum atomic E-state index is 9.23. The van der Waals surface area contributed by atoms with E-state index in [0.29, 0.717) is 5.75 Å². The largest absolute Gasteiger partial charge is 0.508 e. The van der Waals surface area contributed by atoms with Gasteiger partial charge in [0.15, 0.2) is 0 Å². The van der Waals surface area contributed by atoms with Crippen molar-refractivity contribution in [1.82, 2.24) is 0 Å². The van der Waals surface area contributed by atoms with Crippen molar-refractivity contribution in [2.24, 2.45) is 0 Å². The third-order valence-electron chi connectivity index (χ3n) is 1.78. The summed E-state index contributed by atoms with van der Waals surface area (Å²) in [5.41, 5.74) is 5.36. The van der Waals surface area contributed by atoms with E-state index < -0.39 is 8.07 Å². The molecule has 0 aromatic heterocycles. The average molecular weight is 204 g/mol. The summed E-state index contributed by atoms with van der Waals surface area (Å²) in [6, 6.07) is 5.30. The topological polar surface area (TPSA) is 20.2 Å². The van der Waals surface area contributed by atoms with Crippen molar-refractivity contribution in [3.05, 3.63) is 29.3 Å². The summed E-state index contributed by atoms with van der Waals surface area (Å²) in [6.45, 7) is 8.62. The molecule has 1 rings (SSSR count). The molecule has 1 nitrogen and oxygen atoms in total. The highest BCUT2D eigenvalue weighted by Crippen LogP contribution is 2.14. The van der Waals surface area contributed by atoms with E-state index in [1.807, 2.05) is 13.0 Å². The Morgan fingerprint density at radius 3 is 2.36 bits per heavy atom. The molecule has 0 aliphatic rings. The Bertz CT molecular complexity index is 391. The second-order valence-corrected chi connectivity index (χ2v) is 9.25. The molecule has 1 aromatic carbocycles. The molecular weight excluding hydrogens is 188 g/mol. The van der Waals surface area contributed by atoms with Gasteiger partial charge in [0.1, 0.15) is 13.8 Å². The molecule has 0 heterocycles. The van der Waals surface area contributed by atoms with Crippen LogP contribution in [-0.4, -0.2) is 13.2 Å². The summed E-state index contributed by atoms with van der Waals surface area (Å²) in [5, 5.41) is 9.23. The number of phenolic OH excluding ortho intramolecular Hbond substituents is 1. The van der Waals surface area contributed by atoms with Crippen LogP contribution in [0.25, 0.3) is 0 Å². The van der Waals surface area contributed by atoms with Crippen LogP contribution in [0, 0.1) is 18.4 Å². The standard InChI is InChI=1S/C12H16OSi/c1-10-9-12(13)6-5-11(10)7-8-14(2,3)4/h5-6,9,13H,1-4H3. The summed E-state index contributed by atoms with van der Waals surface area (Å²) >= 11 is 0. The van der Waals surface area contributed by atoms with Gasteiger partial charge in [0, 0.05) is 5.56 Å². The first-order valence-corrected chi connectivity index (χ1v) is 8.21. The fraction of sp³-hybridized carbons (Fsp3) is 0.333. The summed E-state index contributed by atoms with van der Waals surface area (Å²) in [4.78, 5) is 0. The smallest absolute Gasteiger partial charge is 0.129 e. The molecule has 74 valence electrons. The van der Waals surface area contributed by atoms with Crippen LogP contribution >= 0.6 is 0 Å². The van der Waals surface area contributed by atoms with Crippen molar-refractivity contribution < 1.29 is 5.11 Å². The molecule has 0 unspecified atom stereocenters. The molecule has 0 spiro atoms. The molecule has 2 heteroatoms. The van der Waals surface area contributed by atoms with Gasteiger partial charge in [-0.2, -0.15) is 0 Å². The number of hydrogen-bond acceptors (Lipinski definition) is 1. The summed E-state index contributed by atoms with van der Waals surface area (Å²) in [6.07, 6.45) is 0. The van der Waals surface area contributed by atoms with Crippen molar-refractivity contribution in [2.75, 3.05) is 0 Å². The molecule has 0 saturated heterocycles. The van der Waals surface area contributed by atoms with Gasteiger partial charge >= 0.3 is 0 Å². The van der Waals surface area contributed by atoms with Gasteiger partial charge in [0.25, 0.3) is 0 Å². The van der Waals surface area contributed by atoms with E-state index in [1.54, 1.807) is 12.1 Å². The highest BCUT2D eigenvalue weighted by Gasteiger charge is 2.07. The van der Waals surface area contributed by atoms with Gasteiger partial charge < -0.3 is 5.11 Å². The van der Waals surface area contributed by atoms with Crippen LogP contribution in [0.15, 0.2) is 18.2 Å². The van der Waals surface area contributed by atoms with Crippen molar-refractivity contribution >= 4 is 8.07 Å². The van der Waals surface area contributed by atoms with Crippen LogP contribution in [0.5, 0.6) is 5.75 Å². The minimum atomic E-state index is -1.30. The van der Waals surface area contributed by atoms with Gasteiger partial charge in [0.2, 0.25) is 0 Å². The van der Waals surface area contributed by atoms with E-state index in [2.05, 4.69) is 31.1 Å². The highest BCUT2D eigenvalue weighted by atomic mass is 28.3. The molecule has 0 saturated carbocycles. The molecule has 1 N–H and O–H groups in total. The number of benzene rings is 1. The van der Waals surface area contributed by atoms with Crippen LogP contribution in [0.4, 0.5) is 0 Å². The monoisotopic (exact) mass is 204 g/mol. The fourth-order valence-electron chi connectivity index (χ4n) is 1.04. The Morgan fingerprint density at radius 2 is 1.86 bits per heavy atom. The second-order valence-electron chi connectivity index (χ2n) is 4.50. The van der Waals surface area contributed by atoms with Gasteiger partial charge in [0.05, 0.1) is 0 Å². The number of aromatic hydroxyl groups is 1. The SMILES string of the molecule is Cc1cc(O)ccc1C#C[Si](C)(C)C. The van der Waals surface area contributed by atoms with Crippen molar-refractivity contribution in [1.29, 1.82) is 0 Å². The molecule has 14 heavy (non-hydrogen) atoms. The van der Waals surface area contributed by atoms with E-state index >= 15 is 0 Å². The lowest BCUT2D eigenvalue weighted by molar-refractivity contribution is 0.475. The van der Waals surface area contributed by atoms with Crippen molar-refractivity contribution in [3.8, 4) is 17.2 Å². The highest BCUT2D eigenvalue weighted by molar-refractivity contribution is 6.83. The molecule has 0 bridgehead atoms. The van der Waals surface area contributed by atoms with E-state index in [9.17, 15) is 5.11 Å². The first-order chi connectivity index (χ1) is 6.38. The lowest BCUT2D eigenvalue weighted by atomic mass is 10.1. The van der Waals surface area contributed by atoms with Gasteiger partial charge in [-0.3, -0.25) is 0 Å². The Balaban J connectivity index is 3.02. The zero-order valence-electron chi connectivity index (χ0n) is 9.18. The Morgan fingerprint density at radius 1 is 1.21 bits per heavy atom. The van der Waals surface area contributed by atoms with Crippen LogP contribution in [0.2, 0.25) is 19.6 Å². The van der Waals surface area contributed by atoms with Crippen LogP contribution in [0.1, 0.15) is 11.1 Å². The zero-order chi connectivity index (χ0) is 10.8. The number of phenols is 1. The first-order valence-electron chi connectivity index (χ1n) is 4.71. The lowest BCUT2D eigenvalue weighted by Crippen LogP contribution is -2.16. The van der Waals surface area contributed by atoms with E-state index in [0.717, 1.165) is 11.1 Å². The molecule has 0 radical (unpaired) electrons. The third kappa shape index (κ3) is 3.27. The first kappa shape index (κ1) is 10.9. The molecule has 0 atom stereocenters. The minimum absolute atomic E-state index is 0.307. The molecular formula is C12H16OSi. The zero-order valence-corrected chi connectivity index (χ0v) is 10.2. The number of hydrogen-bond donors (Lipinski definition) is 1. The second kappa shape index (κ2) is 3.89. The fourth-order valence-corrected chi connectivity index (χ4v) is 1.55. The van der Waals surface area contributed by atoms with Crippen LogP contribution in [0.3, 0.4) is 0 Å². The average Bonchev–Trinajstić information content (AvgIpc) is 2.00. The van der Waals surface area contributed by atoms with Gasteiger partial charge in [-0.05, 0) is 30.7 Å². The van der Waals surface area contributed by atoms with E-state index in [1.165, 1.54) is 0 Å². The van der Waals surface area contributed by atoms with Crippen LogP contribution in [-0.2, 0) is 0 Å². The van der Waals surface area contributed by atoms with E-state index in [-0.39, 0.29) is 0 Å². The predicted molar refractivity (Wildman–Crippen MR) is 63.1 cm³/mol. The maximum absolute atomic E-state index is 9.23. The molecule has 0 aliphatic heterocycles. The number of rotatable bonds is 0. The molecule has 0 fully saturated rings. The quantitative estimate of drug-likeness (QED) is 0.509. The lowest BCUT2D eigenvalue weighted by Gasteiger charge is -2.04. The Labute approximate surface area is 86.8 Å². The molecule has 0 aliphatic carbocycles. The Hall–Kier alpha value is -1.20. The summed E-state index contributed by atoms with van der Waals surface area (Å²) in [5.74, 6) is 3.49. The van der Waals surface area contributed by atoms with Crippen molar-refractivity contribution in [2.45, 2.75) is 26.6 Å². The summed E-state index contributed by atoms with van der Waals surface area (Å²) in [7, 11) is -1.30.